The third-order valence-electron chi connectivity index (χ3n) is 8.02. The molecule has 3 aromatic heterocycles. The highest BCUT2D eigenvalue weighted by molar-refractivity contribution is 6.31. The van der Waals surface area contributed by atoms with E-state index in [0.717, 1.165) is 54.9 Å². The lowest BCUT2D eigenvalue weighted by Gasteiger charge is -2.44. The molecule has 2 aliphatic rings. The van der Waals surface area contributed by atoms with Crippen LogP contribution in [0.2, 0.25) is 0 Å². The fourth-order valence-corrected chi connectivity index (χ4v) is 5.98. The molecule has 3 N–H and O–H groups in total. The van der Waals surface area contributed by atoms with Gasteiger partial charge in [-0.05, 0) is 88.0 Å². The molecular weight excluding hydrogens is 476 g/mol. The van der Waals surface area contributed by atoms with E-state index < -0.39 is 0 Å². The minimum absolute atomic E-state index is 0.0109. The Morgan fingerprint density at radius 1 is 1.22 bits per heavy atom. The van der Waals surface area contributed by atoms with Crippen molar-refractivity contribution in [2.24, 2.45) is 17.1 Å². The average molecular weight is 509 g/mol. The van der Waals surface area contributed by atoms with Crippen LogP contribution < -0.4 is 11.3 Å². The molecule has 1 saturated carbocycles. The van der Waals surface area contributed by atoms with E-state index in [1.807, 2.05) is 30.8 Å². The van der Waals surface area contributed by atoms with E-state index in [1.165, 1.54) is 5.56 Å². The lowest BCUT2D eigenvalue weighted by molar-refractivity contribution is 0.103. The van der Waals surface area contributed by atoms with Crippen molar-refractivity contribution in [2.45, 2.75) is 65.0 Å². The van der Waals surface area contributed by atoms with Gasteiger partial charge in [-0.3, -0.25) is 14.6 Å². The van der Waals surface area contributed by atoms with Gasteiger partial charge in [0.25, 0.3) is 5.56 Å². The molecule has 190 valence electrons. The molecule has 0 aromatic carbocycles. The second kappa shape index (κ2) is 10.1. The molecule has 9 nitrogen and oxygen atoms in total. The zero-order chi connectivity index (χ0) is 25.3. The molecule has 1 fully saturated rings. The number of aromatic nitrogens is 7. The second-order valence-electron chi connectivity index (χ2n) is 10.1. The van der Waals surface area contributed by atoms with E-state index >= 15 is 0 Å². The quantitative estimate of drug-likeness (QED) is 0.500. The zero-order valence-electron chi connectivity index (χ0n) is 20.8. The molecule has 5 rings (SSSR count). The van der Waals surface area contributed by atoms with Crippen LogP contribution in [0, 0.1) is 25.2 Å². The summed E-state index contributed by atoms with van der Waals surface area (Å²) in [6.45, 7) is 5.32. The summed E-state index contributed by atoms with van der Waals surface area (Å²) in [5, 5.41) is 21.4. The van der Waals surface area contributed by atoms with Crippen molar-refractivity contribution in [3.8, 4) is 11.4 Å². The Balaban J connectivity index is 1.29. The van der Waals surface area contributed by atoms with Crippen LogP contribution in [-0.2, 0) is 13.0 Å². The maximum atomic E-state index is 12.8. The largest absolute Gasteiger partial charge is 0.330 e. The van der Waals surface area contributed by atoms with Gasteiger partial charge in [0.05, 0.1) is 17.9 Å². The number of nitrogens with zero attached hydrogens (tertiary/aromatic N) is 6. The number of allylic oxidation sites excluding steroid dienone is 4. The van der Waals surface area contributed by atoms with E-state index in [1.54, 1.807) is 16.8 Å². The van der Waals surface area contributed by atoms with Gasteiger partial charge in [0.15, 0.2) is 0 Å². The molecule has 3 heterocycles. The van der Waals surface area contributed by atoms with E-state index in [2.05, 4.69) is 32.7 Å². The van der Waals surface area contributed by atoms with E-state index in [0.29, 0.717) is 30.4 Å². The lowest BCUT2D eigenvalue weighted by Crippen LogP contribution is -2.42. The Labute approximate surface area is 215 Å². The van der Waals surface area contributed by atoms with Gasteiger partial charge in [-0.2, -0.15) is 10.2 Å². The number of H-pyrrole nitrogens is 1. The normalized spacial score (nSPS) is 24.2. The topological polar surface area (TPSA) is 120 Å². The van der Waals surface area contributed by atoms with Crippen LogP contribution in [0.1, 0.15) is 55.1 Å². The lowest BCUT2D eigenvalue weighted by atomic mass is 9.63. The number of aryl methyl sites for hydroxylation is 3. The van der Waals surface area contributed by atoms with Gasteiger partial charge in [0, 0.05) is 23.3 Å². The first kappa shape index (κ1) is 24.6. The first-order chi connectivity index (χ1) is 17.4. The number of nitrogens with two attached hydrogens (primary N) is 1. The second-order valence-corrected chi connectivity index (χ2v) is 10.6. The molecule has 36 heavy (non-hydrogen) atoms. The third kappa shape index (κ3) is 4.82. The number of halogens is 1. The Bertz CT molecular complexity index is 1320. The molecule has 1 atom stereocenters. The summed E-state index contributed by atoms with van der Waals surface area (Å²) in [5.74, 6) is 0.335. The van der Waals surface area contributed by atoms with Gasteiger partial charge in [0.2, 0.25) is 0 Å². The van der Waals surface area contributed by atoms with Crippen molar-refractivity contribution in [2.75, 3.05) is 6.54 Å². The van der Waals surface area contributed by atoms with Crippen LogP contribution in [0.5, 0.6) is 0 Å². The third-order valence-corrected chi connectivity index (χ3v) is 8.27. The molecule has 0 spiro atoms. The van der Waals surface area contributed by atoms with E-state index in [4.69, 9.17) is 22.4 Å². The summed E-state index contributed by atoms with van der Waals surface area (Å²) < 4.78 is 3.45. The van der Waals surface area contributed by atoms with Crippen LogP contribution in [0.4, 0.5) is 0 Å². The molecule has 3 aromatic rings. The first-order valence-electron chi connectivity index (χ1n) is 12.6. The van der Waals surface area contributed by atoms with Crippen LogP contribution in [0.25, 0.3) is 11.4 Å². The number of nitrogens with one attached hydrogen (secondary N) is 1. The standard InChI is InChI=1S/C26H33ClN8O/c1-17-22(18(2)30-29-17)10-13-34-15-24(31-33-34)23-6-7-25(36)35(32-23)21-8-11-26(16-28,12-9-21)19-4-3-5-20(27)14-19/h3,5-7,14-15,19,21H,4,8-13,16,28H2,1-2H3,(H,29,30). The van der Waals surface area contributed by atoms with Crippen LogP contribution in [-0.4, -0.2) is 41.5 Å². The molecule has 0 saturated heterocycles. The highest BCUT2D eigenvalue weighted by Gasteiger charge is 2.40. The van der Waals surface area contributed by atoms with E-state index in [9.17, 15) is 4.79 Å². The predicted molar refractivity (Wildman–Crippen MR) is 139 cm³/mol. The molecule has 0 radical (unpaired) electrons. The molecular formula is C26H33ClN8O. The number of aromatic amines is 1. The number of rotatable bonds is 7. The average Bonchev–Trinajstić information content (AvgIpc) is 3.49. The minimum Gasteiger partial charge on any atom is -0.330 e. The smallest absolute Gasteiger partial charge is 0.267 e. The minimum atomic E-state index is -0.0918. The van der Waals surface area contributed by atoms with Crippen molar-refractivity contribution in [3.63, 3.8) is 0 Å². The zero-order valence-corrected chi connectivity index (χ0v) is 21.6. The maximum absolute atomic E-state index is 12.8. The van der Waals surface area contributed by atoms with Crippen molar-refractivity contribution < 1.29 is 0 Å². The Morgan fingerprint density at radius 3 is 2.72 bits per heavy atom. The van der Waals surface area contributed by atoms with E-state index in [-0.39, 0.29) is 17.0 Å². The summed E-state index contributed by atoms with van der Waals surface area (Å²) >= 11 is 6.29. The van der Waals surface area contributed by atoms with Gasteiger partial charge < -0.3 is 5.73 Å². The summed E-state index contributed by atoms with van der Waals surface area (Å²) in [4.78, 5) is 12.8. The molecule has 2 aliphatic carbocycles. The van der Waals surface area contributed by atoms with Gasteiger partial charge in [-0.15, -0.1) is 5.10 Å². The monoisotopic (exact) mass is 508 g/mol. The summed E-state index contributed by atoms with van der Waals surface area (Å²) in [7, 11) is 0. The summed E-state index contributed by atoms with van der Waals surface area (Å²) in [5.41, 5.74) is 10.8. The van der Waals surface area contributed by atoms with Gasteiger partial charge in [0.1, 0.15) is 11.4 Å². The van der Waals surface area contributed by atoms with Crippen molar-refractivity contribution in [1.29, 1.82) is 0 Å². The molecule has 10 heteroatoms. The number of hydrogen-bond donors (Lipinski definition) is 2. The van der Waals surface area contributed by atoms with Crippen molar-refractivity contribution >= 4 is 11.6 Å². The molecule has 0 bridgehead atoms. The molecule has 1 unspecified atom stereocenters. The summed E-state index contributed by atoms with van der Waals surface area (Å²) in [6.07, 6.45) is 13.5. The Hall–Kier alpha value is -3.04. The van der Waals surface area contributed by atoms with Crippen LogP contribution >= 0.6 is 11.6 Å². The SMILES string of the molecule is Cc1n[nH]c(C)c1CCn1cc(-c2ccc(=O)n(C3CCC(CN)(C4C=C(Cl)C=CC4)CC3)n2)nn1. The Morgan fingerprint density at radius 2 is 2.03 bits per heavy atom. The Kier molecular flexibility index (Phi) is 6.94. The molecule has 0 amide bonds. The van der Waals surface area contributed by atoms with Gasteiger partial charge >= 0.3 is 0 Å². The number of hydrogen-bond acceptors (Lipinski definition) is 6. The van der Waals surface area contributed by atoms with Crippen molar-refractivity contribution in [3.05, 3.63) is 68.9 Å². The van der Waals surface area contributed by atoms with Gasteiger partial charge in [-0.25, -0.2) is 4.68 Å². The summed E-state index contributed by atoms with van der Waals surface area (Å²) in [6, 6.07) is 3.35. The van der Waals surface area contributed by atoms with Gasteiger partial charge in [-0.1, -0.05) is 29.0 Å². The first-order valence-corrected chi connectivity index (χ1v) is 13.0. The maximum Gasteiger partial charge on any atom is 0.267 e. The predicted octanol–water partition coefficient (Wildman–Crippen LogP) is 3.84. The highest BCUT2D eigenvalue weighted by Crippen LogP contribution is 2.48. The highest BCUT2D eigenvalue weighted by atomic mass is 35.5. The fourth-order valence-electron chi connectivity index (χ4n) is 5.74. The van der Waals surface area contributed by atoms with Crippen LogP contribution in [0.3, 0.4) is 0 Å². The van der Waals surface area contributed by atoms with Crippen LogP contribution in [0.15, 0.2) is 46.4 Å². The fraction of sp³-hybridized carbons (Fsp3) is 0.500. The van der Waals surface area contributed by atoms with Crippen molar-refractivity contribution in [1.82, 2.24) is 35.0 Å². The molecule has 0 aliphatic heterocycles.